The normalized spacial score (nSPS) is 10.2. The molecule has 0 spiro atoms. The van der Waals surface area contributed by atoms with Crippen molar-refractivity contribution < 1.29 is 0 Å². The maximum Gasteiger partial charge on any atom is 0.145 e. The highest BCUT2D eigenvalue weighted by molar-refractivity contribution is 9.10. The van der Waals surface area contributed by atoms with Crippen molar-refractivity contribution in [3.05, 3.63) is 46.2 Å². The molecular formula is C12H14BrN5. The van der Waals surface area contributed by atoms with Gasteiger partial charge in [-0.25, -0.2) is 15.8 Å². The summed E-state index contributed by atoms with van der Waals surface area (Å²) in [6, 6.07) is 9.81. The van der Waals surface area contributed by atoms with Crippen LogP contribution in [0.1, 0.15) is 11.4 Å². The Bertz CT molecular complexity index is 544. The number of anilines is 2. The van der Waals surface area contributed by atoms with Gasteiger partial charge >= 0.3 is 0 Å². The quantitative estimate of drug-likeness (QED) is 0.597. The molecule has 0 radical (unpaired) electrons. The largest absolute Gasteiger partial charge is 0.366 e. The third-order valence-electron chi connectivity index (χ3n) is 2.40. The van der Waals surface area contributed by atoms with Crippen LogP contribution in [0.2, 0.25) is 0 Å². The molecule has 0 unspecified atom stereocenters. The Balaban J connectivity index is 2.11. The molecule has 1 heterocycles. The van der Waals surface area contributed by atoms with Crippen LogP contribution >= 0.6 is 15.9 Å². The molecular weight excluding hydrogens is 294 g/mol. The molecule has 94 valence electrons. The lowest BCUT2D eigenvalue weighted by Crippen LogP contribution is -2.11. The molecule has 1 aromatic carbocycles. The van der Waals surface area contributed by atoms with Gasteiger partial charge in [0.1, 0.15) is 17.5 Å². The van der Waals surface area contributed by atoms with E-state index in [1.165, 1.54) is 0 Å². The first kappa shape index (κ1) is 12.8. The van der Waals surface area contributed by atoms with Gasteiger partial charge in [0.15, 0.2) is 0 Å². The van der Waals surface area contributed by atoms with Gasteiger partial charge in [0.2, 0.25) is 0 Å². The molecule has 0 saturated carbocycles. The number of aromatic nitrogens is 2. The summed E-state index contributed by atoms with van der Waals surface area (Å²) in [6.07, 6.45) is 0. The number of benzene rings is 1. The molecule has 0 fully saturated rings. The number of rotatable bonds is 4. The molecule has 2 aromatic rings. The molecule has 0 amide bonds. The molecule has 0 saturated heterocycles. The zero-order valence-electron chi connectivity index (χ0n) is 9.94. The molecule has 18 heavy (non-hydrogen) atoms. The Morgan fingerprint density at radius 3 is 2.67 bits per heavy atom. The molecule has 2 rings (SSSR count). The predicted molar refractivity (Wildman–Crippen MR) is 76.0 cm³/mol. The van der Waals surface area contributed by atoms with Crippen molar-refractivity contribution >= 4 is 27.6 Å². The van der Waals surface area contributed by atoms with Crippen molar-refractivity contribution in [3.63, 3.8) is 0 Å². The van der Waals surface area contributed by atoms with Gasteiger partial charge < -0.3 is 10.7 Å². The van der Waals surface area contributed by atoms with E-state index in [1.54, 1.807) is 6.07 Å². The number of nitrogens with one attached hydrogen (secondary N) is 2. The lowest BCUT2D eigenvalue weighted by molar-refractivity contribution is 1.01. The average Bonchev–Trinajstić information content (AvgIpc) is 2.37. The van der Waals surface area contributed by atoms with Crippen molar-refractivity contribution in [1.82, 2.24) is 9.97 Å². The number of nitrogens with zero attached hydrogens (tertiary/aromatic N) is 2. The fraction of sp³-hybridized carbons (Fsp3) is 0.167. The highest BCUT2D eigenvalue weighted by Gasteiger charge is 2.02. The van der Waals surface area contributed by atoms with Crippen LogP contribution in [0, 0.1) is 6.92 Å². The molecule has 0 aliphatic rings. The smallest absolute Gasteiger partial charge is 0.145 e. The van der Waals surface area contributed by atoms with Crippen LogP contribution in [0.3, 0.4) is 0 Å². The summed E-state index contributed by atoms with van der Waals surface area (Å²) < 4.78 is 1.07. The summed E-state index contributed by atoms with van der Waals surface area (Å²) >= 11 is 3.51. The van der Waals surface area contributed by atoms with Crippen LogP contribution in [0.15, 0.2) is 34.8 Å². The summed E-state index contributed by atoms with van der Waals surface area (Å²) in [5.41, 5.74) is 3.68. The molecule has 0 atom stereocenters. The first-order chi connectivity index (χ1) is 8.69. The fourth-order valence-electron chi connectivity index (χ4n) is 1.56. The maximum atomic E-state index is 5.34. The van der Waals surface area contributed by atoms with E-state index in [9.17, 15) is 0 Å². The number of hydrazine groups is 1. The van der Waals surface area contributed by atoms with Gasteiger partial charge in [-0.1, -0.05) is 34.1 Å². The zero-order valence-corrected chi connectivity index (χ0v) is 11.5. The van der Waals surface area contributed by atoms with Gasteiger partial charge in [0, 0.05) is 17.1 Å². The first-order valence-corrected chi connectivity index (χ1v) is 6.28. The highest BCUT2D eigenvalue weighted by atomic mass is 79.9. The van der Waals surface area contributed by atoms with E-state index in [4.69, 9.17) is 5.84 Å². The highest BCUT2D eigenvalue weighted by Crippen LogP contribution is 2.17. The number of nitrogen functional groups attached to an aromatic ring is 1. The van der Waals surface area contributed by atoms with Gasteiger partial charge in [-0.2, -0.15) is 0 Å². The van der Waals surface area contributed by atoms with E-state index in [0.717, 1.165) is 15.9 Å². The number of aryl methyl sites for hydroxylation is 1. The van der Waals surface area contributed by atoms with Gasteiger partial charge in [0.05, 0.1) is 0 Å². The Kier molecular flexibility index (Phi) is 4.11. The SMILES string of the molecule is Cc1nc(NN)cc(NCc2ccccc2Br)n1. The average molecular weight is 308 g/mol. The number of hydrogen-bond acceptors (Lipinski definition) is 5. The third-order valence-corrected chi connectivity index (χ3v) is 3.18. The summed E-state index contributed by atoms with van der Waals surface area (Å²) in [6.45, 7) is 2.51. The Labute approximate surface area is 114 Å². The molecule has 1 aromatic heterocycles. The monoisotopic (exact) mass is 307 g/mol. The lowest BCUT2D eigenvalue weighted by Gasteiger charge is -2.09. The van der Waals surface area contributed by atoms with Crippen LogP contribution in [0.25, 0.3) is 0 Å². The summed E-state index contributed by atoms with van der Waals surface area (Å²) in [5, 5.41) is 3.24. The van der Waals surface area contributed by atoms with Crippen molar-refractivity contribution in [2.75, 3.05) is 10.7 Å². The molecule has 0 aliphatic heterocycles. The second-order valence-electron chi connectivity index (χ2n) is 3.77. The van der Waals surface area contributed by atoms with E-state index in [2.05, 4.69) is 36.6 Å². The first-order valence-electron chi connectivity index (χ1n) is 5.48. The van der Waals surface area contributed by atoms with E-state index in [-0.39, 0.29) is 0 Å². The zero-order chi connectivity index (χ0) is 13.0. The van der Waals surface area contributed by atoms with Gasteiger partial charge in [-0.05, 0) is 18.6 Å². The Morgan fingerprint density at radius 2 is 1.94 bits per heavy atom. The number of nitrogens with two attached hydrogens (primary N) is 1. The second kappa shape index (κ2) is 5.79. The van der Waals surface area contributed by atoms with E-state index in [1.807, 2.05) is 31.2 Å². The minimum absolute atomic E-state index is 0.595. The molecule has 5 nitrogen and oxygen atoms in total. The van der Waals surface area contributed by atoms with Crippen LogP contribution < -0.4 is 16.6 Å². The molecule has 0 aliphatic carbocycles. The predicted octanol–water partition coefficient (Wildman–Crippen LogP) is 2.45. The van der Waals surface area contributed by atoms with Crippen LogP contribution in [0.4, 0.5) is 11.6 Å². The number of hydrogen-bond donors (Lipinski definition) is 3. The summed E-state index contributed by atoms with van der Waals surface area (Å²) in [4.78, 5) is 8.42. The third kappa shape index (κ3) is 3.18. The topological polar surface area (TPSA) is 75.9 Å². The fourth-order valence-corrected chi connectivity index (χ4v) is 1.98. The van der Waals surface area contributed by atoms with Crippen molar-refractivity contribution in [2.45, 2.75) is 13.5 Å². The minimum Gasteiger partial charge on any atom is -0.366 e. The Hall–Kier alpha value is -1.66. The van der Waals surface area contributed by atoms with Gasteiger partial charge in [-0.3, -0.25) is 0 Å². The number of halogens is 1. The van der Waals surface area contributed by atoms with E-state index >= 15 is 0 Å². The van der Waals surface area contributed by atoms with Crippen LogP contribution in [-0.4, -0.2) is 9.97 Å². The molecule has 4 N–H and O–H groups in total. The van der Waals surface area contributed by atoms with Crippen LogP contribution in [-0.2, 0) is 6.54 Å². The maximum absolute atomic E-state index is 5.34. The summed E-state index contributed by atoms with van der Waals surface area (Å²) in [5.74, 6) is 7.35. The summed E-state index contributed by atoms with van der Waals surface area (Å²) in [7, 11) is 0. The minimum atomic E-state index is 0.595. The van der Waals surface area contributed by atoms with Crippen molar-refractivity contribution in [1.29, 1.82) is 0 Å². The molecule has 6 heteroatoms. The second-order valence-corrected chi connectivity index (χ2v) is 4.63. The van der Waals surface area contributed by atoms with E-state index < -0.39 is 0 Å². The van der Waals surface area contributed by atoms with Gasteiger partial charge in [-0.15, -0.1) is 0 Å². The van der Waals surface area contributed by atoms with Crippen molar-refractivity contribution in [2.24, 2.45) is 5.84 Å². The lowest BCUT2D eigenvalue weighted by atomic mass is 10.2. The van der Waals surface area contributed by atoms with Gasteiger partial charge in [0.25, 0.3) is 0 Å². The van der Waals surface area contributed by atoms with E-state index in [0.29, 0.717) is 18.2 Å². The van der Waals surface area contributed by atoms with Crippen LogP contribution in [0.5, 0.6) is 0 Å². The van der Waals surface area contributed by atoms with Crippen molar-refractivity contribution in [3.8, 4) is 0 Å². The Morgan fingerprint density at radius 1 is 1.22 bits per heavy atom. The molecule has 0 bridgehead atoms. The standard InChI is InChI=1S/C12H14BrN5/c1-8-16-11(6-12(17-8)18-14)15-7-9-4-2-3-5-10(9)13/h2-6H,7,14H2,1H3,(H2,15,16,17,18).